The van der Waals surface area contributed by atoms with E-state index in [2.05, 4.69) is 27.8 Å². The zero-order valence-electron chi connectivity index (χ0n) is 10.6. The summed E-state index contributed by atoms with van der Waals surface area (Å²) in [5, 5.41) is 10.2. The van der Waals surface area contributed by atoms with Crippen LogP contribution in [-0.2, 0) is 0 Å². The number of aliphatic hydroxyl groups is 1. The van der Waals surface area contributed by atoms with Gasteiger partial charge < -0.3 is 10.0 Å². The number of halogens is 1. The molecule has 96 valence electrons. The lowest BCUT2D eigenvalue weighted by Gasteiger charge is -2.36. The molecule has 1 fully saturated rings. The van der Waals surface area contributed by atoms with Gasteiger partial charge in [0.1, 0.15) is 0 Å². The molecule has 1 rings (SSSR count). The Kier molecular flexibility index (Phi) is 6.94. The molecule has 0 spiro atoms. The predicted molar refractivity (Wildman–Crippen MR) is 73.1 cm³/mol. The maximum atomic E-state index is 9.06. The number of hydrogen-bond acceptors (Lipinski definition) is 2. The summed E-state index contributed by atoms with van der Waals surface area (Å²) in [5.41, 5.74) is 0.460. The van der Waals surface area contributed by atoms with Gasteiger partial charge in [0.15, 0.2) is 0 Å². The molecule has 1 aliphatic rings. The lowest BCUT2D eigenvalue weighted by molar-refractivity contribution is 0.131. The van der Waals surface area contributed by atoms with E-state index in [0.29, 0.717) is 5.41 Å². The van der Waals surface area contributed by atoms with Crippen LogP contribution in [0.4, 0.5) is 0 Å². The van der Waals surface area contributed by atoms with E-state index in [1.807, 2.05) is 0 Å². The van der Waals surface area contributed by atoms with Crippen LogP contribution in [0.25, 0.3) is 0 Å². The van der Waals surface area contributed by atoms with Crippen LogP contribution in [0.3, 0.4) is 0 Å². The number of hydrogen-bond donors (Lipinski definition) is 1. The topological polar surface area (TPSA) is 23.5 Å². The Bertz CT molecular complexity index is 179. The summed E-state index contributed by atoms with van der Waals surface area (Å²) in [6.07, 6.45) is 8.26. The summed E-state index contributed by atoms with van der Waals surface area (Å²) in [7, 11) is 0. The van der Waals surface area contributed by atoms with Gasteiger partial charge in [-0.05, 0) is 24.8 Å². The Morgan fingerprint density at radius 2 is 1.81 bits per heavy atom. The summed E-state index contributed by atoms with van der Waals surface area (Å²) >= 11 is 3.72. The van der Waals surface area contributed by atoms with E-state index >= 15 is 0 Å². The highest BCUT2D eigenvalue weighted by molar-refractivity contribution is 9.09. The average molecular weight is 292 g/mol. The van der Waals surface area contributed by atoms with E-state index < -0.39 is 0 Å². The van der Waals surface area contributed by atoms with Gasteiger partial charge in [-0.1, -0.05) is 48.5 Å². The molecule has 1 saturated carbocycles. The van der Waals surface area contributed by atoms with Gasteiger partial charge in [0.25, 0.3) is 0 Å². The van der Waals surface area contributed by atoms with Crippen LogP contribution in [0.5, 0.6) is 0 Å². The number of rotatable bonds is 6. The van der Waals surface area contributed by atoms with Crippen molar-refractivity contribution in [3.63, 3.8) is 0 Å². The van der Waals surface area contributed by atoms with E-state index in [0.717, 1.165) is 25.0 Å². The molecule has 0 amide bonds. The standard InChI is InChI=1S/C13H26BrNO/c1-2-15(9-10-16)12-13(11-14)7-5-3-4-6-8-13/h16H,2-12H2,1H3. The second-order valence-electron chi connectivity index (χ2n) is 5.14. The molecule has 0 aromatic rings. The van der Waals surface area contributed by atoms with Crippen LogP contribution in [0, 0.1) is 5.41 Å². The van der Waals surface area contributed by atoms with Crippen molar-refractivity contribution in [1.29, 1.82) is 0 Å². The highest BCUT2D eigenvalue weighted by atomic mass is 79.9. The Morgan fingerprint density at radius 1 is 1.19 bits per heavy atom. The monoisotopic (exact) mass is 291 g/mol. The first-order chi connectivity index (χ1) is 7.76. The van der Waals surface area contributed by atoms with Gasteiger partial charge in [-0.3, -0.25) is 0 Å². The summed E-state index contributed by atoms with van der Waals surface area (Å²) < 4.78 is 0. The highest BCUT2D eigenvalue weighted by Crippen LogP contribution is 2.37. The second-order valence-corrected chi connectivity index (χ2v) is 5.70. The highest BCUT2D eigenvalue weighted by Gasteiger charge is 2.31. The first-order valence-corrected chi connectivity index (χ1v) is 7.77. The van der Waals surface area contributed by atoms with Gasteiger partial charge in [-0.2, -0.15) is 0 Å². The van der Waals surface area contributed by atoms with Crippen LogP contribution < -0.4 is 0 Å². The molecular formula is C13H26BrNO. The minimum atomic E-state index is 0.284. The van der Waals surface area contributed by atoms with Crippen molar-refractivity contribution in [1.82, 2.24) is 4.90 Å². The number of alkyl halides is 1. The van der Waals surface area contributed by atoms with Crippen LogP contribution >= 0.6 is 15.9 Å². The molecule has 1 N–H and O–H groups in total. The first kappa shape index (κ1) is 14.5. The molecule has 0 saturated heterocycles. The van der Waals surface area contributed by atoms with Gasteiger partial charge in [0, 0.05) is 18.4 Å². The number of aliphatic hydroxyl groups excluding tert-OH is 1. The third-order valence-corrected chi connectivity index (χ3v) is 5.06. The maximum absolute atomic E-state index is 9.06. The lowest BCUT2D eigenvalue weighted by atomic mass is 9.82. The first-order valence-electron chi connectivity index (χ1n) is 6.65. The fraction of sp³-hybridized carbons (Fsp3) is 1.00. The van der Waals surface area contributed by atoms with Crippen LogP contribution in [0.2, 0.25) is 0 Å². The van der Waals surface area contributed by atoms with Gasteiger partial charge in [-0.25, -0.2) is 0 Å². The van der Waals surface area contributed by atoms with E-state index in [1.165, 1.54) is 38.5 Å². The van der Waals surface area contributed by atoms with Crippen LogP contribution in [-0.4, -0.2) is 41.6 Å². The summed E-state index contributed by atoms with van der Waals surface area (Å²) in [5.74, 6) is 0. The van der Waals surface area contributed by atoms with Crippen molar-refractivity contribution in [2.24, 2.45) is 5.41 Å². The maximum Gasteiger partial charge on any atom is 0.0558 e. The van der Waals surface area contributed by atoms with E-state index in [9.17, 15) is 0 Å². The smallest absolute Gasteiger partial charge is 0.0558 e. The molecule has 0 aromatic carbocycles. The van der Waals surface area contributed by atoms with E-state index in [1.54, 1.807) is 0 Å². The average Bonchev–Trinajstić information content (AvgIpc) is 2.55. The minimum Gasteiger partial charge on any atom is -0.395 e. The van der Waals surface area contributed by atoms with Crippen molar-refractivity contribution in [2.75, 3.05) is 31.6 Å². The molecule has 0 aliphatic heterocycles. The van der Waals surface area contributed by atoms with E-state index in [4.69, 9.17) is 5.11 Å². The lowest BCUT2D eigenvalue weighted by Crippen LogP contribution is -2.40. The van der Waals surface area contributed by atoms with Gasteiger partial charge >= 0.3 is 0 Å². The van der Waals surface area contributed by atoms with Gasteiger partial charge in [0.05, 0.1) is 6.61 Å². The largest absolute Gasteiger partial charge is 0.395 e. The molecule has 2 nitrogen and oxygen atoms in total. The molecule has 1 aliphatic carbocycles. The molecule has 0 radical (unpaired) electrons. The normalized spacial score (nSPS) is 21.0. The number of nitrogens with zero attached hydrogens (tertiary/aromatic N) is 1. The Labute approximate surface area is 109 Å². The fourth-order valence-corrected chi connectivity index (χ4v) is 3.52. The van der Waals surface area contributed by atoms with Crippen molar-refractivity contribution in [3.8, 4) is 0 Å². The predicted octanol–water partition coefficient (Wildman–Crippen LogP) is 3.04. The summed E-state index contributed by atoms with van der Waals surface area (Å²) in [6.45, 7) is 5.50. The third-order valence-electron chi connectivity index (χ3n) is 3.87. The second kappa shape index (κ2) is 7.67. The fourth-order valence-electron chi connectivity index (χ4n) is 2.78. The molecule has 3 heteroatoms. The zero-order chi connectivity index (χ0) is 11.9. The number of likely N-dealkylation sites (N-methyl/N-ethyl adjacent to an activating group) is 1. The van der Waals surface area contributed by atoms with Crippen molar-refractivity contribution < 1.29 is 5.11 Å². The Balaban J connectivity index is 2.55. The zero-order valence-corrected chi connectivity index (χ0v) is 12.1. The molecule has 16 heavy (non-hydrogen) atoms. The molecule has 0 atom stereocenters. The third kappa shape index (κ3) is 4.34. The molecule has 0 aromatic heterocycles. The van der Waals surface area contributed by atoms with E-state index in [-0.39, 0.29) is 6.61 Å². The van der Waals surface area contributed by atoms with Crippen molar-refractivity contribution in [2.45, 2.75) is 45.4 Å². The molecule has 0 heterocycles. The Morgan fingerprint density at radius 3 is 2.25 bits per heavy atom. The quantitative estimate of drug-likeness (QED) is 0.601. The van der Waals surface area contributed by atoms with Crippen LogP contribution in [0.1, 0.15) is 45.4 Å². The van der Waals surface area contributed by atoms with Crippen LogP contribution in [0.15, 0.2) is 0 Å². The molecular weight excluding hydrogens is 266 g/mol. The van der Waals surface area contributed by atoms with Gasteiger partial charge in [-0.15, -0.1) is 0 Å². The van der Waals surface area contributed by atoms with Crippen molar-refractivity contribution >= 4 is 15.9 Å². The Hall–Kier alpha value is 0.400. The van der Waals surface area contributed by atoms with Crippen molar-refractivity contribution in [3.05, 3.63) is 0 Å². The molecule has 0 unspecified atom stereocenters. The SMILES string of the molecule is CCN(CCO)CC1(CBr)CCCCCC1. The molecule has 0 bridgehead atoms. The summed E-state index contributed by atoms with van der Waals surface area (Å²) in [6, 6.07) is 0. The van der Waals surface area contributed by atoms with Gasteiger partial charge in [0.2, 0.25) is 0 Å². The minimum absolute atomic E-state index is 0.284. The summed E-state index contributed by atoms with van der Waals surface area (Å²) in [4.78, 5) is 2.40.